The van der Waals surface area contributed by atoms with E-state index in [9.17, 15) is 0 Å². The molecule has 3 aliphatic rings. The zero-order chi connectivity index (χ0) is 44.1. The number of rotatable bonds is 2. The minimum Gasteiger partial charge on any atom is -0.440 e. The predicted molar refractivity (Wildman–Crippen MR) is 265 cm³/mol. The fraction of sp³-hybridized carbons (Fsp3) is 0.439. The average Bonchev–Trinajstić information content (AvgIpc) is 3.53. The van der Waals surface area contributed by atoms with Crippen LogP contribution in [0.15, 0.2) is 89.3 Å². The highest BCUT2D eigenvalue weighted by Gasteiger charge is 2.49. The van der Waals surface area contributed by atoms with E-state index in [-0.39, 0.29) is 39.2 Å². The lowest BCUT2D eigenvalue weighted by atomic mass is 9.33. The molecular weight excluding hydrogens is 739 g/mol. The largest absolute Gasteiger partial charge is 0.440 e. The van der Waals surface area contributed by atoms with Crippen LogP contribution >= 0.6 is 0 Å². The molecule has 5 aromatic carbocycles. The maximum Gasteiger partial charge on any atom is 0.257 e. The van der Waals surface area contributed by atoms with E-state index in [1.807, 2.05) is 0 Å². The van der Waals surface area contributed by atoms with E-state index in [1.54, 1.807) is 0 Å². The van der Waals surface area contributed by atoms with Gasteiger partial charge in [-0.1, -0.05) is 141 Å². The molecule has 1 aromatic heterocycles. The van der Waals surface area contributed by atoms with Gasteiger partial charge in [-0.25, -0.2) is 0 Å². The molecule has 0 saturated carbocycles. The van der Waals surface area contributed by atoms with E-state index < -0.39 is 0 Å². The Hall–Kier alpha value is -4.70. The summed E-state index contributed by atoms with van der Waals surface area (Å²) in [7, 11) is 0. The number of fused-ring (bicyclic) bond motifs is 7. The topological polar surface area (TPSA) is 19.6 Å². The van der Waals surface area contributed by atoms with E-state index >= 15 is 0 Å². The van der Waals surface area contributed by atoms with Gasteiger partial charge in [0.15, 0.2) is 0 Å². The first-order valence-electron chi connectivity index (χ1n) is 22.9. The van der Waals surface area contributed by atoms with Crippen molar-refractivity contribution in [3.63, 3.8) is 0 Å². The molecule has 3 nitrogen and oxygen atoms in total. The highest BCUT2D eigenvalue weighted by molar-refractivity contribution is 7.01. The quantitative estimate of drug-likeness (QED) is 0.162. The molecule has 316 valence electrons. The average molecular weight is 809 g/mol. The summed E-state index contributed by atoms with van der Waals surface area (Å²) in [6.45, 7) is 40.1. The molecule has 0 amide bonds. The summed E-state index contributed by atoms with van der Waals surface area (Å²) in [5.41, 5.74) is 20.6. The summed E-state index contributed by atoms with van der Waals surface area (Å²) in [5, 5.41) is 1.21. The number of anilines is 6. The van der Waals surface area contributed by atoms with Gasteiger partial charge in [0.25, 0.3) is 6.71 Å². The van der Waals surface area contributed by atoms with Gasteiger partial charge in [0.05, 0.1) is 0 Å². The molecular formula is C57H69BN2O. The second-order valence-electron chi connectivity index (χ2n) is 24.4. The van der Waals surface area contributed by atoms with Crippen LogP contribution < -0.4 is 26.2 Å². The first-order valence-corrected chi connectivity index (χ1v) is 22.9. The summed E-state index contributed by atoms with van der Waals surface area (Å²) in [6, 6.07) is 33.8. The van der Waals surface area contributed by atoms with Crippen LogP contribution in [0.1, 0.15) is 163 Å². The van der Waals surface area contributed by atoms with Crippen molar-refractivity contribution < 1.29 is 4.42 Å². The van der Waals surface area contributed by atoms with Crippen molar-refractivity contribution in [1.82, 2.24) is 0 Å². The SMILES string of the molecule is Cc1cc2c3c(c1)N(c1ccc(C(C)(C)C)cc1)c1oc4ccc(C(C)(C)C)cc4c1B3c1cc3c(cc1N2c1cc(C(C)(C)C)cc(C(C)(C)C)c1)C(C)(C)CCC3(C)C. The van der Waals surface area contributed by atoms with Crippen molar-refractivity contribution in [3.05, 3.63) is 124 Å². The maximum absolute atomic E-state index is 7.25. The molecule has 0 atom stereocenters. The lowest BCUT2D eigenvalue weighted by molar-refractivity contribution is 0.332. The number of hydrogen-bond donors (Lipinski definition) is 0. The molecule has 4 heteroatoms. The Morgan fingerprint density at radius 3 is 1.54 bits per heavy atom. The van der Waals surface area contributed by atoms with Crippen LogP contribution in [-0.2, 0) is 32.5 Å². The molecule has 3 heterocycles. The molecule has 6 aromatic rings. The zero-order valence-corrected chi connectivity index (χ0v) is 40.4. The number of aryl methyl sites for hydroxylation is 1. The van der Waals surface area contributed by atoms with Crippen LogP contribution in [-0.4, -0.2) is 6.71 Å². The highest BCUT2D eigenvalue weighted by atomic mass is 16.4. The lowest BCUT2D eigenvalue weighted by Gasteiger charge is -2.47. The molecule has 0 fully saturated rings. The first-order chi connectivity index (χ1) is 28.1. The van der Waals surface area contributed by atoms with Crippen molar-refractivity contribution in [3.8, 4) is 0 Å². The van der Waals surface area contributed by atoms with Crippen molar-refractivity contribution >= 4 is 68.4 Å². The fourth-order valence-corrected chi connectivity index (χ4v) is 10.4. The van der Waals surface area contributed by atoms with E-state index in [0.29, 0.717) is 0 Å². The first kappa shape index (κ1) is 41.6. The molecule has 9 rings (SSSR count). The van der Waals surface area contributed by atoms with Crippen LogP contribution in [0.2, 0.25) is 0 Å². The van der Waals surface area contributed by atoms with Crippen molar-refractivity contribution in [2.24, 2.45) is 0 Å². The monoisotopic (exact) mass is 809 g/mol. The minimum absolute atomic E-state index is 0.0194. The Balaban J connectivity index is 1.45. The van der Waals surface area contributed by atoms with Crippen LogP contribution in [0.4, 0.5) is 34.3 Å². The molecule has 0 saturated heterocycles. The van der Waals surface area contributed by atoms with Gasteiger partial charge in [0.2, 0.25) is 5.88 Å². The molecule has 0 bridgehead atoms. The fourth-order valence-electron chi connectivity index (χ4n) is 10.4. The van der Waals surface area contributed by atoms with Gasteiger partial charge >= 0.3 is 0 Å². The molecule has 1 aliphatic carbocycles. The molecule has 0 unspecified atom stereocenters. The summed E-state index contributed by atoms with van der Waals surface area (Å²) < 4.78 is 7.25. The molecule has 0 N–H and O–H groups in total. The lowest BCUT2D eigenvalue weighted by Crippen LogP contribution is -2.61. The predicted octanol–water partition coefficient (Wildman–Crippen LogP) is 14.4. The maximum atomic E-state index is 7.25. The molecule has 61 heavy (non-hydrogen) atoms. The number of hydrogen-bond acceptors (Lipinski definition) is 3. The van der Waals surface area contributed by atoms with Crippen LogP contribution in [0, 0.1) is 6.92 Å². The molecule has 0 spiro atoms. The van der Waals surface area contributed by atoms with E-state index in [1.165, 1.54) is 83.5 Å². The van der Waals surface area contributed by atoms with Gasteiger partial charge < -0.3 is 9.32 Å². The Bertz CT molecular complexity index is 2720. The van der Waals surface area contributed by atoms with E-state index in [0.717, 1.165) is 30.0 Å². The zero-order valence-electron chi connectivity index (χ0n) is 40.4. The van der Waals surface area contributed by atoms with Gasteiger partial charge in [0.1, 0.15) is 5.58 Å². The van der Waals surface area contributed by atoms with Gasteiger partial charge in [-0.3, -0.25) is 4.90 Å². The Kier molecular flexibility index (Phi) is 8.99. The van der Waals surface area contributed by atoms with Crippen molar-refractivity contribution in [2.45, 2.75) is 163 Å². The van der Waals surface area contributed by atoms with Crippen LogP contribution in [0.25, 0.3) is 11.0 Å². The normalized spacial score (nSPS) is 17.0. The van der Waals surface area contributed by atoms with Gasteiger partial charge in [-0.2, -0.15) is 0 Å². The van der Waals surface area contributed by atoms with Crippen molar-refractivity contribution in [1.29, 1.82) is 0 Å². The highest BCUT2D eigenvalue weighted by Crippen LogP contribution is 2.52. The van der Waals surface area contributed by atoms with E-state index in [4.69, 9.17) is 4.42 Å². The van der Waals surface area contributed by atoms with Gasteiger partial charge in [-0.05, 0) is 157 Å². The second kappa shape index (κ2) is 13.2. The summed E-state index contributed by atoms with van der Waals surface area (Å²) in [5.74, 6) is 0.931. The van der Waals surface area contributed by atoms with Crippen LogP contribution in [0.5, 0.6) is 0 Å². The second-order valence-corrected chi connectivity index (χ2v) is 24.4. The summed E-state index contributed by atoms with van der Waals surface area (Å²) >= 11 is 0. The van der Waals surface area contributed by atoms with Crippen molar-refractivity contribution in [2.75, 3.05) is 9.80 Å². The third kappa shape index (κ3) is 6.69. The van der Waals surface area contributed by atoms with Crippen LogP contribution in [0.3, 0.4) is 0 Å². The standard InChI is InChI=1S/C57H69BN2O/c1-34-26-46-50-47(27-34)60(39-21-18-35(19-22-39)52(2,3)4)51-49(41-31-36(53(5,6)7)20-23-48(41)61-51)58(50)44-32-42-43(57(16,17)25-24-56(42,14)15)33-45(44)59(46)40-29-37(54(8,9)10)28-38(30-40)55(11,12)13/h18-23,26-33H,24-25H2,1-17H3. The number of furan rings is 1. The summed E-state index contributed by atoms with van der Waals surface area (Å²) in [4.78, 5) is 5.11. The third-order valence-corrected chi connectivity index (χ3v) is 14.6. The Labute approximate surface area is 368 Å². The molecule has 2 aliphatic heterocycles. The van der Waals surface area contributed by atoms with Gasteiger partial charge in [0, 0.05) is 39.3 Å². The van der Waals surface area contributed by atoms with Gasteiger partial charge in [-0.15, -0.1) is 0 Å². The van der Waals surface area contributed by atoms with E-state index in [2.05, 4.69) is 212 Å². The Morgan fingerprint density at radius 1 is 0.492 bits per heavy atom. The minimum atomic E-state index is -0.0348. The molecule has 0 radical (unpaired) electrons. The smallest absolute Gasteiger partial charge is 0.257 e. The number of nitrogens with zero attached hydrogens (tertiary/aromatic N) is 2. The number of benzene rings is 5. The Morgan fingerprint density at radius 2 is 1.00 bits per heavy atom. The summed E-state index contributed by atoms with van der Waals surface area (Å²) in [6.07, 6.45) is 2.33. The third-order valence-electron chi connectivity index (χ3n) is 14.6.